The highest BCUT2D eigenvalue weighted by atomic mass is 16.7. The highest BCUT2D eigenvalue weighted by Crippen LogP contribution is 2.30. The molecule has 0 spiro atoms. The first kappa shape index (κ1) is 20.8. The van der Waals surface area contributed by atoms with Crippen LogP contribution >= 0.6 is 0 Å². The van der Waals surface area contributed by atoms with E-state index in [0.717, 1.165) is 5.56 Å². The van der Waals surface area contributed by atoms with Crippen molar-refractivity contribution >= 4 is 5.97 Å². The molecule has 2 aromatic rings. The second kappa shape index (κ2) is 10.0. The summed E-state index contributed by atoms with van der Waals surface area (Å²) in [5, 5.41) is 3.81. The topological polar surface area (TPSA) is 103 Å². The summed E-state index contributed by atoms with van der Waals surface area (Å²) in [5.41, 5.74) is 10.3. The van der Waals surface area contributed by atoms with Crippen molar-refractivity contribution < 1.29 is 23.7 Å². The van der Waals surface area contributed by atoms with Crippen LogP contribution in [0.15, 0.2) is 65.8 Å². The zero-order chi connectivity index (χ0) is 20.6. The number of ether oxygens (including phenoxy) is 4. The van der Waals surface area contributed by atoms with Crippen molar-refractivity contribution in [2.75, 3.05) is 7.11 Å². The van der Waals surface area contributed by atoms with Gasteiger partial charge in [-0.25, -0.2) is 4.79 Å². The molecule has 0 radical (unpaired) electrons. The molecule has 8 heteroatoms. The Labute approximate surface area is 169 Å². The lowest BCUT2D eigenvalue weighted by molar-refractivity contribution is -0.273. The van der Waals surface area contributed by atoms with Crippen LogP contribution in [0.25, 0.3) is 10.4 Å². The van der Waals surface area contributed by atoms with E-state index in [9.17, 15) is 4.79 Å². The van der Waals surface area contributed by atoms with Crippen molar-refractivity contribution in [3.05, 3.63) is 82.2 Å². The maximum Gasteiger partial charge on any atom is 0.338 e. The fourth-order valence-corrected chi connectivity index (χ4v) is 3.24. The molecule has 0 unspecified atom stereocenters. The summed E-state index contributed by atoms with van der Waals surface area (Å²) < 4.78 is 23.0. The molecule has 1 aliphatic heterocycles. The lowest BCUT2D eigenvalue weighted by atomic mass is 9.97. The van der Waals surface area contributed by atoms with Crippen LogP contribution < -0.4 is 0 Å². The molecule has 1 heterocycles. The number of benzene rings is 2. The van der Waals surface area contributed by atoms with E-state index >= 15 is 0 Å². The molecule has 0 aliphatic carbocycles. The molecule has 3 rings (SSSR count). The SMILES string of the molecule is CO[C@H]1O[C@H](C)[C@H](N=[N+]=[N-])[C@H](OC(=O)c2ccccc2)[C@H]1OCc1ccccc1. The molecule has 2 aromatic carbocycles. The predicted octanol–water partition coefficient (Wildman–Crippen LogP) is 3.87. The van der Waals surface area contributed by atoms with Crippen molar-refractivity contribution in [3.63, 3.8) is 0 Å². The maximum atomic E-state index is 12.7. The van der Waals surface area contributed by atoms with Gasteiger partial charge in [-0.3, -0.25) is 0 Å². The van der Waals surface area contributed by atoms with Gasteiger partial charge in [-0.1, -0.05) is 53.6 Å². The molecule has 1 aliphatic rings. The minimum atomic E-state index is -0.879. The highest BCUT2D eigenvalue weighted by molar-refractivity contribution is 5.89. The summed E-state index contributed by atoms with van der Waals surface area (Å²) in [4.78, 5) is 15.6. The van der Waals surface area contributed by atoms with Gasteiger partial charge in [-0.2, -0.15) is 0 Å². The standard InChI is InChI=1S/C21H23N3O5/c1-14-17(23-24-22)18(29-20(25)16-11-7-4-8-12-16)19(21(26-2)28-14)27-13-15-9-5-3-6-10-15/h3-12,14,17-19,21H,13H2,1-2H3/t14-,17+,18+,19-,21+/m1/s1. The van der Waals surface area contributed by atoms with Crippen molar-refractivity contribution in [2.45, 2.75) is 44.2 Å². The highest BCUT2D eigenvalue weighted by Gasteiger charge is 2.47. The molecule has 8 nitrogen and oxygen atoms in total. The average molecular weight is 397 g/mol. The molecule has 0 bridgehead atoms. The van der Waals surface area contributed by atoms with Crippen molar-refractivity contribution in [2.24, 2.45) is 5.11 Å². The monoisotopic (exact) mass is 397 g/mol. The largest absolute Gasteiger partial charge is 0.455 e. The van der Waals surface area contributed by atoms with Gasteiger partial charge in [0.15, 0.2) is 6.29 Å². The molecular formula is C21H23N3O5. The van der Waals surface area contributed by atoms with E-state index in [1.54, 1.807) is 31.2 Å². The number of hydrogen-bond acceptors (Lipinski definition) is 6. The van der Waals surface area contributed by atoms with Crippen molar-refractivity contribution in [1.29, 1.82) is 0 Å². The van der Waals surface area contributed by atoms with Gasteiger partial charge in [0.2, 0.25) is 0 Å². The molecule has 1 saturated heterocycles. The summed E-state index contributed by atoms with van der Waals surface area (Å²) in [5.74, 6) is -0.536. The molecule has 0 N–H and O–H groups in total. The third-order valence-corrected chi connectivity index (χ3v) is 4.71. The molecule has 0 aromatic heterocycles. The van der Waals surface area contributed by atoms with Crippen molar-refractivity contribution in [1.82, 2.24) is 0 Å². The fourth-order valence-electron chi connectivity index (χ4n) is 3.24. The molecule has 5 atom stereocenters. The normalized spacial score (nSPS) is 26.3. The first-order chi connectivity index (χ1) is 14.1. The van der Waals surface area contributed by atoms with Gasteiger partial charge >= 0.3 is 5.97 Å². The van der Waals surface area contributed by atoms with Gasteiger partial charge in [0.25, 0.3) is 0 Å². The minimum Gasteiger partial charge on any atom is -0.455 e. The Bertz CT molecular complexity index is 842. The van der Waals surface area contributed by atoms with Gasteiger partial charge < -0.3 is 18.9 Å². The molecular weight excluding hydrogens is 374 g/mol. The van der Waals surface area contributed by atoms with Gasteiger partial charge in [0.1, 0.15) is 18.2 Å². The lowest BCUT2D eigenvalue weighted by Gasteiger charge is -2.42. The maximum absolute atomic E-state index is 12.7. The Morgan fingerprint density at radius 3 is 2.38 bits per heavy atom. The Hall–Kier alpha value is -2.90. The van der Waals surface area contributed by atoms with E-state index in [2.05, 4.69) is 10.0 Å². The number of hydrogen-bond donors (Lipinski definition) is 0. The first-order valence-corrected chi connectivity index (χ1v) is 9.28. The van der Waals surface area contributed by atoms with Gasteiger partial charge in [0.05, 0.1) is 18.3 Å². The van der Waals surface area contributed by atoms with E-state index in [0.29, 0.717) is 5.56 Å². The summed E-state index contributed by atoms with van der Waals surface area (Å²) >= 11 is 0. The summed E-state index contributed by atoms with van der Waals surface area (Å²) in [6, 6.07) is 17.4. The van der Waals surface area contributed by atoms with Gasteiger partial charge in [-0.15, -0.1) is 0 Å². The number of rotatable bonds is 7. The Morgan fingerprint density at radius 1 is 1.10 bits per heavy atom. The van der Waals surface area contributed by atoms with Crippen molar-refractivity contribution in [3.8, 4) is 0 Å². The van der Waals surface area contributed by atoms with E-state index in [1.165, 1.54) is 7.11 Å². The second-order valence-electron chi connectivity index (χ2n) is 6.64. The number of methoxy groups -OCH3 is 1. The number of carbonyl (C=O) groups is 1. The summed E-state index contributed by atoms with van der Waals surface area (Å²) in [6.45, 7) is 1.99. The van der Waals surface area contributed by atoms with E-state index in [1.807, 2.05) is 36.4 Å². The average Bonchev–Trinajstić information content (AvgIpc) is 2.76. The molecule has 0 saturated carbocycles. The zero-order valence-corrected chi connectivity index (χ0v) is 16.3. The van der Waals surface area contributed by atoms with Crippen LogP contribution in [0.3, 0.4) is 0 Å². The van der Waals surface area contributed by atoms with E-state index in [4.69, 9.17) is 24.5 Å². The minimum absolute atomic E-state index is 0.255. The molecule has 1 fully saturated rings. The van der Waals surface area contributed by atoms with Crippen LogP contribution in [0, 0.1) is 0 Å². The summed E-state index contributed by atoms with van der Waals surface area (Å²) in [6.07, 6.45) is -2.97. The molecule has 152 valence electrons. The van der Waals surface area contributed by atoms with Crippen LogP contribution in [-0.4, -0.2) is 43.7 Å². The van der Waals surface area contributed by atoms with Crippen LogP contribution in [0.5, 0.6) is 0 Å². The Morgan fingerprint density at radius 2 is 1.76 bits per heavy atom. The lowest BCUT2D eigenvalue weighted by Crippen LogP contribution is -2.58. The third-order valence-electron chi connectivity index (χ3n) is 4.71. The zero-order valence-electron chi connectivity index (χ0n) is 16.3. The van der Waals surface area contributed by atoms with Gasteiger partial charge in [-0.05, 0) is 30.2 Å². The van der Waals surface area contributed by atoms with Crippen LogP contribution in [0.1, 0.15) is 22.8 Å². The number of carbonyl (C=O) groups excluding carboxylic acids is 1. The smallest absolute Gasteiger partial charge is 0.338 e. The fraction of sp³-hybridized carbons (Fsp3) is 0.381. The third kappa shape index (κ3) is 5.13. The van der Waals surface area contributed by atoms with E-state index < -0.39 is 36.6 Å². The number of esters is 1. The quantitative estimate of drug-likeness (QED) is 0.305. The number of azide groups is 1. The molecule has 0 amide bonds. The van der Waals surface area contributed by atoms with Crippen LogP contribution in [-0.2, 0) is 25.6 Å². The number of nitrogens with zero attached hydrogens (tertiary/aromatic N) is 3. The summed E-state index contributed by atoms with van der Waals surface area (Å²) in [7, 11) is 1.49. The predicted molar refractivity (Wildman–Crippen MR) is 105 cm³/mol. The van der Waals surface area contributed by atoms with Gasteiger partial charge in [0, 0.05) is 12.0 Å². The second-order valence-corrected chi connectivity index (χ2v) is 6.64. The van der Waals surface area contributed by atoms with E-state index in [-0.39, 0.29) is 6.61 Å². The molecule has 29 heavy (non-hydrogen) atoms. The van der Waals surface area contributed by atoms with Crippen LogP contribution in [0.2, 0.25) is 0 Å². The Kier molecular flexibility index (Phi) is 7.21. The first-order valence-electron chi connectivity index (χ1n) is 9.28. The Balaban J connectivity index is 1.86. The van der Waals surface area contributed by atoms with Crippen LogP contribution in [0.4, 0.5) is 0 Å².